The summed E-state index contributed by atoms with van der Waals surface area (Å²) in [5.74, 6) is -8.02. The van der Waals surface area contributed by atoms with E-state index in [-0.39, 0.29) is 24.8 Å². The molecule has 0 aromatic heterocycles. The molecule has 2 aliphatic heterocycles. The highest BCUT2D eigenvalue weighted by molar-refractivity contribution is 5.99. The Kier molecular flexibility index (Phi) is 23.2. The maximum atomic E-state index is 14.8. The van der Waals surface area contributed by atoms with Crippen LogP contribution in [0.25, 0.3) is 0 Å². The normalized spacial score (nSPS) is 29.4. The Morgan fingerprint density at radius 2 is 1.11 bits per heavy atom. The summed E-state index contributed by atoms with van der Waals surface area (Å²) in [6.07, 6.45) is 5.24. The maximum absolute atomic E-state index is 14.8. The Hall–Kier alpha value is -4.81. The first-order chi connectivity index (χ1) is 33.9. The van der Waals surface area contributed by atoms with Crippen LogP contribution in [0.5, 0.6) is 0 Å². The van der Waals surface area contributed by atoms with Gasteiger partial charge in [0.2, 0.25) is 41.4 Å². The zero-order valence-corrected chi connectivity index (χ0v) is 47.4. The minimum absolute atomic E-state index is 0.101. The molecule has 4 N–H and O–H groups in total. The lowest BCUT2D eigenvalue weighted by molar-refractivity contribution is -0.177. The van der Waals surface area contributed by atoms with Gasteiger partial charge in [0.25, 0.3) is 5.91 Å². The van der Waals surface area contributed by atoms with Crippen molar-refractivity contribution >= 4 is 53.2 Å². The highest BCUT2D eigenvalue weighted by atomic mass is 16.6. The zero-order valence-electron chi connectivity index (χ0n) is 47.4. The first-order valence-electron chi connectivity index (χ1n) is 27.1. The Labute approximate surface area is 436 Å². The Morgan fingerprint density at radius 1 is 0.603 bits per heavy atom. The molecule has 19 nitrogen and oxygen atoms in total. The molecule has 2 heterocycles. The number of carbonyl (C=O) groups excluding carboxylic acids is 9. The minimum atomic E-state index is -1.95. The number of carbonyl (C=O) groups is 9. The molecule has 11 atom stereocenters. The molecular weight excluding hydrogens is 937 g/mol. The summed E-state index contributed by atoms with van der Waals surface area (Å²) in [6.45, 7) is 22.4. The lowest BCUT2D eigenvalue weighted by Gasteiger charge is -2.39. The van der Waals surface area contributed by atoms with Crippen LogP contribution in [-0.2, 0) is 47.9 Å². The predicted octanol–water partition coefficient (Wildman–Crippen LogP) is 3.88. The smallest absolute Gasteiger partial charge is 0.332 e. The largest absolute Gasteiger partial charge is 0.450 e. The first-order valence-corrected chi connectivity index (χ1v) is 27.1. The van der Waals surface area contributed by atoms with Crippen molar-refractivity contribution < 1.29 is 53.0 Å². The summed E-state index contributed by atoms with van der Waals surface area (Å²) >= 11 is 0. The minimum Gasteiger partial charge on any atom is -0.450 e. The number of nitrogens with zero attached hydrogens (tertiary/aromatic N) is 5. The molecule has 19 heteroatoms. The average molecular weight is 1030 g/mol. The summed E-state index contributed by atoms with van der Waals surface area (Å²) in [5.41, 5.74) is -1.95. The highest BCUT2D eigenvalue weighted by Crippen LogP contribution is 2.30. The van der Waals surface area contributed by atoms with Gasteiger partial charge in [-0.05, 0) is 82.5 Å². The van der Waals surface area contributed by atoms with Gasteiger partial charge < -0.3 is 50.3 Å². The van der Waals surface area contributed by atoms with E-state index in [0.717, 1.165) is 37.0 Å². The van der Waals surface area contributed by atoms with E-state index in [0.29, 0.717) is 32.1 Å². The van der Waals surface area contributed by atoms with Crippen LogP contribution in [0.3, 0.4) is 0 Å². The molecule has 1 saturated carbocycles. The average Bonchev–Trinajstić information content (AvgIpc) is 3.82. The van der Waals surface area contributed by atoms with E-state index in [9.17, 15) is 48.3 Å². The van der Waals surface area contributed by atoms with E-state index in [1.165, 1.54) is 61.6 Å². The monoisotopic (exact) mass is 1030 g/mol. The van der Waals surface area contributed by atoms with Crippen molar-refractivity contribution in [2.75, 3.05) is 34.7 Å². The van der Waals surface area contributed by atoms with Gasteiger partial charge in [0.05, 0.1) is 5.60 Å². The number of amides is 8. The maximum Gasteiger partial charge on any atom is 0.332 e. The van der Waals surface area contributed by atoms with Gasteiger partial charge in [-0.15, -0.1) is 0 Å². The molecule has 0 spiro atoms. The zero-order chi connectivity index (χ0) is 55.6. The third-order valence-corrected chi connectivity index (χ3v) is 15.7. The Balaban J connectivity index is 2.29. The van der Waals surface area contributed by atoms with Crippen molar-refractivity contribution in [3.8, 4) is 0 Å². The van der Waals surface area contributed by atoms with Crippen molar-refractivity contribution in [3.05, 3.63) is 0 Å². The van der Waals surface area contributed by atoms with Gasteiger partial charge in [-0.2, -0.15) is 0 Å². The summed E-state index contributed by atoms with van der Waals surface area (Å²) in [6, 6.07) is -9.47. The molecule has 0 aromatic carbocycles. The molecule has 416 valence electrons. The van der Waals surface area contributed by atoms with Crippen LogP contribution in [0.2, 0.25) is 0 Å². The lowest BCUT2D eigenvalue weighted by atomic mass is 9.84. The molecule has 8 amide bonds. The van der Waals surface area contributed by atoms with Crippen LogP contribution in [0.1, 0.15) is 161 Å². The lowest BCUT2D eigenvalue weighted by Crippen LogP contribution is -2.63. The number of likely N-dealkylation sites (N-methyl/N-ethyl adjacent to an activating group) is 4. The van der Waals surface area contributed by atoms with E-state index in [4.69, 9.17) is 4.74 Å². The van der Waals surface area contributed by atoms with Gasteiger partial charge in [0.1, 0.15) is 42.3 Å². The molecule has 0 bridgehead atoms. The molecule has 73 heavy (non-hydrogen) atoms. The number of hydrogen-bond acceptors (Lipinski definition) is 11. The number of rotatable bonds is 11. The van der Waals surface area contributed by atoms with E-state index < -0.39 is 137 Å². The molecule has 2 saturated heterocycles. The number of ether oxygens (including phenoxy) is 1. The summed E-state index contributed by atoms with van der Waals surface area (Å²) in [5, 5.41) is 20.4. The van der Waals surface area contributed by atoms with Gasteiger partial charge in [-0.25, -0.2) is 4.79 Å². The molecule has 3 rings (SSSR count). The standard InChI is InChI=1S/C54H94N8O11/c1-18-33(9)40-51(69)59(15)41(31(5)6)46(64)55-37(28-30(3)4)50(68)61(17)44(54(12,13)72)53(71)73-43(34(10)19-2)52(70)60(16)42(32(7)8)47(65)56-38(29-36-24-21-20-22-25-36)49(67)58(14)35(11)48(66)62-27-23-26-39(62)45(63)57-40/h30-44,72H,18-29H2,1-17H3,(H,55,64)(H,56,65)(H,57,63)/t33-,34?,35-,37+,38+,39+,40+,41+,42+,43-,44-/m1/s1. The van der Waals surface area contributed by atoms with Crippen LogP contribution in [0.15, 0.2) is 0 Å². The van der Waals surface area contributed by atoms with Crippen molar-refractivity contribution in [2.45, 2.75) is 221 Å². The highest BCUT2D eigenvalue weighted by Gasteiger charge is 2.48. The molecule has 3 aliphatic rings. The van der Waals surface area contributed by atoms with E-state index in [1.54, 1.807) is 48.5 Å². The van der Waals surface area contributed by atoms with Crippen molar-refractivity contribution in [1.29, 1.82) is 0 Å². The van der Waals surface area contributed by atoms with Gasteiger partial charge >= 0.3 is 5.97 Å². The fraction of sp³-hybridized carbons (Fsp3) is 0.833. The second kappa shape index (κ2) is 27.1. The van der Waals surface area contributed by atoms with Gasteiger partial charge in [0, 0.05) is 40.7 Å². The van der Waals surface area contributed by atoms with Crippen molar-refractivity contribution in [1.82, 2.24) is 40.4 Å². The quantitative estimate of drug-likeness (QED) is 0.217. The number of hydrogen-bond donors (Lipinski definition) is 4. The van der Waals surface area contributed by atoms with Gasteiger partial charge in [0.15, 0.2) is 12.1 Å². The van der Waals surface area contributed by atoms with Crippen LogP contribution < -0.4 is 16.0 Å². The third-order valence-electron chi connectivity index (χ3n) is 15.7. The number of nitrogens with one attached hydrogen (secondary N) is 3. The fourth-order valence-electron chi connectivity index (χ4n) is 10.9. The number of cyclic esters (lactones) is 1. The Bertz CT molecular complexity index is 1950. The molecule has 1 unspecified atom stereocenters. The molecule has 1 aliphatic carbocycles. The molecule has 0 radical (unpaired) electrons. The topological polar surface area (TPSA) is 235 Å². The Morgan fingerprint density at radius 3 is 1.60 bits per heavy atom. The summed E-state index contributed by atoms with van der Waals surface area (Å²) in [4.78, 5) is 138. The summed E-state index contributed by atoms with van der Waals surface area (Å²) < 4.78 is 6.07. The number of aliphatic hydroxyl groups is 1. The summed E-state index contributed by atoms with van der Waals surface area (Å²) in [7, 11) is 5.71. The van der Waals surface area contributed by atoms with Gasteiger partial charge in [-0.1, -0.05) is 108 Å². The fourth-order valence-corrected chi connectivity index (χ4v) is 10.9. The first kappa shape index (κ1) is 62.5. The second-order valence-electron chi connectivity index (χ2n) is 23.2. The molecular formula is C54H94N8O11. The number of fused-ring (bicyclic) bond motifs is 1. The van der Waals surface area contributed by atoms with Crippen LogP contribution in [0, 0.1) is 35.5 Å². The third kappa shape index (κ3) is 15.6. The van der Waals surface area contributed by atoms with Crippen molar-refractivity contribution in [2.24, 2.45) is 35.5 Å². The van der Waals surface area contributed by atoms with Crippen LogP contribution in [-0.4, -0.2) is 178 Å². The van der Waals surface area contributed by atoms with E-state index >= 15 is 0 Å². The van der Waals surface area contributed by atoms with E-state index in [2.05, 4.69) is 16.0 Å². The predicted molar refractivity (Wildman–Crippen MR) is 278 cm³/mol. The molecule has 3 fully saturated rings. The van der Waals surface area contributed by atoms with Crippen LogP contribution in [0.4, 0.5) is 0 Å². The number of esters is 1. The van der Waals surface area contributed by atoms with Crippen LogP contribution >= 0.6 is 0 Å². The van der Waals surface area contributed by atoms with Gasteiger partial charge in [-0.3, -0.25) is 38.4 Å². The second-order valence-corrected chi connectivity index (χ2v) is 23.2. The molecule has 0 aromatic rings. The SMILES string of the molecule is CCC(C)[C@H]1OC(=O)[C@H](C(C)(C)O)N(C)C(=O)[C@H](CC(C)C)NC(=O)[C@H](C(C)C)N(C)C(=O)[C@H]([C@H](C)CC)NC(=O)[C@@H]2CCCN2C(=O)[C@@H](C)N(C)C(=O)[C@H](CC2CCCCC2)NC(=O)[C@H](C(C)C)N(C)C1=O. The van der Waals surface area contributed by atoms with E-state index in [1.807, 2.05) is 27.7 Å². The van der Waals surface area contributed by atoms with Crippen molar-refractivity contribution in [3.63, 3.8) is 0 Å².